The molecule has 1 aliphatic rings. The van der Waals surface area contributed by atoms with E-state index in [1.54, 1.807) is 25.4 Å². The third-order valence-electron chi connectivity index (χ3n) is 5.48. The highest BCUT2D eigenvalue weighted by Crippen LogP contribution is 2.36. The average molecular weight is 418 g/mol. The molecule has 1 saturated heterocycles. The van der Waals surface area contributed by atoms with E-state index in [9.17, 15) is 4.79 Å². The van der Waals surface area contributed by atoms with Crippen LogP contribution in [0.5, 0.6) is 5.75 Å². The number of hydrogen-bond acceptors (Lipinski definition) is 6. The molecule has 9 heteroatoms. The summed E-state index contributed by atoms with van der Waals surface area (Å²) in [6, 6.07) is 13.4. The molecule has 1 amide bonds. The molecule has 3 heterocycles. The highest BCUT2D eigenvalue weighted by atomic mass is 16.5. The minimum absolute atomic E-state index is 0.307. The summed E-state index contributed by atoms with van der Waals surface area (Å²) >= 11 is 0. The molecule has 0 spiro atoms. The maximum Gasteiger partial charge on any atom is 0.407 e. The van der Waals surface area contributed by atoms with Crippen molar-refractivity contribution < 1.29 is 14.6 Å². The predicted molar refractivity (Wildman–Crippen MR) is 114 cm³/mol. The van der Waals surface area contributed by atoms with Crippen molar-refractivity contribution in [2.75, 3.05) is 25.5 Å². The van der Waals surface area contributed by atoms with Gasteiger partial charge in [0, 0.05) is 24.7 Å². The number of nitrogens with one attached hydrogen (secondary N) is 2. The molecule has 158 valence electrons. The fraction of sp³-hybridized carbons (Fsp3) is 0.273. The Balaban J connectivity index is 1.49. The average Bonchev–Trinajstić information content (AvgIpc) is 3.27. The molecule has 2 aromatic heterocycles. The topological polar surface area (TPSA) is 127 Å². The third kappa shape index (κ3) is 4.43. The van der Waals surface area contributed by atoms with Gasteiger partial charge in [-0.2, -0.15) is 10.4 Å². The van der Waals surface area contributed by atoms with Crippen LogP contribution >= 0.6 is 0 Å². The summed E-state index contributed by atoms with van der Waals surface area (Å²) in [5.41, 5.74) is 3.91. The molecule has 1 aromatic carbocycles. The molecule has 0 saturated carbocycles. The van der Waals surface area contributed by atoms with E-state index < -0.39 is 6.09 Å². The third-order valence-corrected chi connectivity index (χ3v) is 5.48. The van der Waals surface area contributed by atoms with Gasteiger partial charge in [-0.3, -0.25) is 5.10 Å². The first-order valence-corrected chi connectivity index (χ1v) is 9.92. The van der Waals surface area contributed by atoms with E-state index in [2.05, 4.69) is 26.6 Å². The van der Waals surface area contributed by atoms with Crippen molar-refractivity contribution in [3.8, 4) is 23.1 Å². The largest absolute Gasteiger partial charge is 0.496 e. The Morgan fingerprint density at radius 3 is 2.74 bits per heavy atom. The fourth-order valence-electron chi connectivity index (χ4n) is 3.79. The molecule has 9 nitrogen and oxygen atoms in total. The summed E-state index contributed by atoms with van der Waals surface area (Å²) in [7, 11) is 1.63. The van der Waals surface area contributed by atoms with Gasteiger partial charge >= 0.3 is 6.09 Å². The molecular formula is C22H22N6O3. The molecule has 3 aromatic rings. The van der Waals surface area contributed by atoms with Gasteiger partial charge in [0.25, 0.3) is 0 Å². The first-order chi connectivity index (χ1) is 15.1. The summed E-state index contributed by atoms with van der Waals surface area (Å²) in [5, 5.41) is 28.4. The summed E-state index contributed by atoms with van der Waals surface area (Å²) < 4.78 is 5.63. The number of carboxylic acid groups (broad SMARTS) is 1. The van der Waals surface area contributed by atoms with E-state index in [4.69, 9.17) is 15.1 Å². The lowest BCUT2D eigenvalue weighted by molar-refractivity contribution is 0.132. The SMILES string of the molecule is COc1cc(C2CCN(C(=O)O)CC2)ccc1-c1cc(Nc2ccc(C#N)nc2)n[nH]1. The van der Waals surface area contributed by atoms with Gasteiger partial charge in [-0.1, -0.05) is 6.07 Å². The van der Waals surface area contributed by atoms with Gasteiger partial charge in [0.05, 0.1) is 24.7 Å². The van der Waals surface area contributed by atoms with Crippen LogP contribution in [0.1, 0.15) is 30.0 Å². The first kappa shape index (κ1) is 20.2. The van der Waals surface area contributed by atoms with E-state index in [1.165, 1.54) is 4.90 Å². The van der Waals surface area contributed by atoms with Gasteiger partial charge in [-0.25, -0.2) is 9.78 Å². The number of nitrogens with zero attached hydrogens (tertiary/aromatic N) is 4. The number of methoxy groups -OCH3 is 1. The van der Waals surface area contributed by atoms with Crippen LogP contribution in [-0.4, -0.2) is 51.5 Å². The molecule has 1 aliphatic heterocycles. The Hall–Kier alpha value is -4.06. The molecular weight excluding hydrogens is 396 g/mol. The molecule has 0 atom stereocenters. The van der Waals surface area contributed by atoms with Gasteiger partial charge in [0.15, 0.2) is 5.82 Å². The number of carbonyl (C=O) groups is 1. The van der Waals surface area contributed by atoms with Crippen molar-refractivity contribution >= 4 is 17.6 Å². The number of likely N-dealkylation sites (tertiary alicyclic amines) is 1. The lowest BCUT2D eigenvalue weighted by Crippen LogP contribution is -2.36. The van der Waals surface area contributed by atoms with Crippen LogP contribution in [0.3, 0.4) is 0 Å². The van der Waals surface area contributed by atoms with Crippen LogP contribution in [0.15, 0.2) is 42.6 Å². The van der Waals surface area contributed by atoms with Crippen LogP contribution in [0.2, 0.25) is 0 Å². The van der Waals surface area contributed by atoms with E-state index in [0.29, 0.717) is 30.5 Å². The fourth-order valence-corrected chi connectivity index (χ4v) is 3.79. The minimum atomic E-state index is -0.855. The first-order valence-electron chi connectivity index (χ1n) is 9.92. The predicted octanol–water partition coefficient (Wildman–Crippen LogP) is 3.95. The Bertz CT molecular complexity index is 1110. The van der Waals surface area contributed by atoms with Gasteiger partial charge < -0.3 is 20.1 Å². The van der Waals surface area contributed by atoms with Gasteiger partial charge in [-0.05, 0) is 48.6 Å². The van der Waals surface area contributed by atoms with Gasteiger partial charge in [0.1, 0.15) is 17.5 Å². The normalized spacial score (nSPS) is 14.1. The second-order valence-electron chi connectivity index (χ2n) is 7.34. The standard InChI is InChI=1S/C22H22N6O3/c1-31-20-10-15(14-6-8-28(9-7-14)22(29)30)2-5-18(20)19-11-21(27-26-19)25-17-4-3-16(12-23)24-13-17/h2-5,10-11,13-14H,6-9H2,1H3,(H,29,30)(H2,25,26,27). The Labute approximate surface area is 179 Å². The van der Waals surface area contributed by atoms with E-state index in [-0.39, 0.29) is 0 Å². The number of ether oxygens (including phenoxy) is 1. The van der Waals surface area contributed by atoms with Crippen LogP contribution in [0.4, 0.5) is 16.3 Å². The van der Waals surface area contributed by atoms with E-state index in [1.807, 2.05) is 24.3 Å². The highest BCUT2D eigenvalue weighted by molar-refractivity contribution is 5.71. The monoisotopic (exact) mass is 418 g/mol. The van der Waals surface area contributed by atoms with Crippen molar-refractivity contribution in [2.45, 2.75) is 18.8 Å². The lowest BCUT2D eigenvalue weighted by atomic mass is 9.88. The molecule has 0 radical (unpaired) electrons. The summed E-state index contributed by atoms with van der Waals surface area (Å²) in [5.74, 6) is 1.66. The van der Waals surface area contributed by atoms with Crippen molar-refractivity contribution in [3.05, 3.63) is 53.9 Å². The molecule has 31 heavy (non-hydrogen) atoms. The summed E-state index contributed by atoms with van der Waals surface area (Å²) in [4.78, 5) is 16.6. The zero-order valence-electron chi connectivity index (χ0n) is 17.0. The molecule has 1 fully saturated rings. The Kier molecular flexibility index (Phi) is 5.71. The van der Waals surface area contributed by atoms with Crippen molar-refractivity contribution in [1.29, 1.82) is 5.26 Å². The van der Waals surface area contributed by atoms with Crippen LogP contribution in [0, 0.1) is 11.3 Å². The number of nitriles is 1. The van der Waals surface area contributed by atoms with E-state index in [0.717, 1.165) is 41.1 Å². The number of aromatic nitrogens is 3. The zero-order valence-corrected chi connectivity index (χ0v) is 17.0. The number of H-pyrrole nitrogens is 1. The minimum Gasteiger partial charge on any atom is -0.496 e. The summed E-state index contributed by atoms with van der Waals surface area (Å²) in [6.07, 6.45) is 2.32. The number of piperidine rings is 1. The van der Waals surface area contributed by atoms with Gasteiger partial charge in [0.2, 0.25) is 0 Å². The van der Waals surface area contributed by atoms with Crippen molar-refractivity contribution in [1.82, 2.24) is 20.1 Å². The Morgan fingerprint density at radius 2 is 2.10 bits per heavy atom. The highest BCUT2D eigenvalue weighted by Gasteiger charge is 2.24. The number of amides is 1. The number of anilines is 2. The number of rotatable bonds is 5. The number of benzene rings is 1. The molecule has 0 unspecified atom stereocenters. The molecule has 4 rings (SSSR count). The quantitative estimate of drug-likeness (QED) is 0.572. The zero-order chi connectivity index (χ0) is 21.8. The maximum atomic E-state index is 11.1. The second kappa shape index (κ2) is 8.75. The smallest absolute Gasteiger partial charge is 0.407 e. The molecule has 0 bridgehead atoms. The van der Waals surface area contributed by atoms with E-state index >= 15 is 0 Å². The lowest BCUT2D eigenvalue weighted by Gasteiger charge is -2.30. The van der Waals surface area contributed by atoms with Crippen LogP contribution in [-0.2, 0) is 0 Å². The van der Waals surface area contributed by atoms with Crippen LogP contribution in [0.25, 0.3) is 11.3 Å². The number of pyridine rings is 1. The maximum absolute atomic E-state index is 11.1. The Morgan fingerprint density at radius 1 is 1.29 bits per heavy atom. The summed E-state index contributed by atoms with van der Waals surface area (Å²) in [6.45, 7) is 1.09. The second-order valence-corrected chi connectivity index (χ2v) is 7.34. The van der Waals surface area contributed by atoms with Crippen LogP contribution < -0.4 is 10.1 Å². The molecule has 0 aliphatic carbocycles. The number of aromatic amines is 1. The van der Waals surface area contributed by atoms with Crippen molar-refractivity contribution in [3.63, 3.8) is 0 Å². The number of hydrogen-bond donors (Lipinski definition) is 3. The van der Waals surface area contributed by atoms with Gasteiger partial charge in [-0.15, -0.1) is 0 Å². The van der Waals surface area contributed by atoms with Crippen molar-refractivity contribution in [2.24, 2.45) is 0 Å². The molecule has 3 N–H and O–H groups in total.